The molecule has 0 bridgehead atoms. The molecule has 1 aromatic carbocycles. The van der Waals surface area contributed by atoms with E-state index in [1.54, 1.807) is 11.0 Å². The standard InChI is InChI=1S/C20H23ClF3N5O/c21-15-7-3-6-14(10-15)18(13-4-1-2-5-13)25-17(30)12-28-8-9-29-16(11-28)26-27-19(29)20(22,23)24/h3,6-7,10,13,18H,1-2,4-5,8-9,11-12H2,(H,25,30). The summed E-state index contributed by atoms with van der Waals surface area (Å²) >= 11 is 6.15. The normalized spacial score (nSPS) is 18.9. The summed E-state index contributed by atoms with van der Waals surface area (Å²) in [6, 6.07) is 7.41. The number of hydrogen-bond donors (Lipinski definition) is 1. The number of rotatable bonds is 5. The third-order valence-corrected chi connectivity index (χ3v) is 6.08. The van der Waals surface area contributed by atoms with Crippen molar-refractivity contribution in [2.75, 3.05) is 13.1 Å². The molecule has 6 nitrogen and oxygen atoms in total. The van der Waals surface area contributed by atoms with Crippen LogP contribution in [0.25, 0.3) is 0 Å². The number of fused-ring (bicyclic) bond motifs is 1. The first-order valence-corrected chi connectivity index (χ1v) is 10.5. The van der Waals surface area contributed by atoms with Gasteiger partial charge in [0.15, 0.2) is 0 Å². The van der Waals surface area contributed by atoms with Crippen LogP contribution < -0.4 is 5.32 Å². The van der Waals surface area contributed by atoms with Gasteiger partial charge in [0.05, 0.1) is 19.1 Å². The molecule has 30 heavy (non-hydrogen) atoms. The molecule has 1 saturated carbocycles. The number of hydrogen-bond acceptors (Lipinski definition) is 4. The number of aromatic nitrogens is 3. The van der Waals surface area contributed by atoms with Gasteiger partial charge >= 0.3 is 6.18 Å². The molecule has 2 heterocycles. The quantitative estimate of drug-likeness (QED) is 0.766. The zero-order valence-corrected chi connectivity index (χ0v) is 17.1. The molecule has 10 heteroatoms. The monoisotopic (exact) mass is 441 g/mol. The van der Waals surface area contributed by atoms with E-state index < -0.39 is 12.0 Å². The molecule has 162 valence electrons. The van der Waals surface area contributed by atoms with Crippen molar-refractivity contribution < 1.29 is 18.0 Å². The summed E-state index contributed by atoms with van der Waals surface area (Å²) in [6.45, 7) is 0.678. The molecule has 1 aliphatic heterocycles. The average molecular weight is 442 g/mol. The van der Waals surface area contributed by atoms with Gasteiger partial charge in [0, 0.05) is 18.1 Å². The summed E-state index contributed by atoms with van der Waals surface area (Å²) in [6.07, 6.45) is -0.160. The largest absolute Gasteiger partial charge is 0.451 e. The minimum Gasteiger partial charge on any atom is -0.348 e. The molecule has 1 aliphatic carbocycles. The van der Waals surface area contributed by atoms with E-state index in [0.29, 0.717) is 17.5 Å². The highest BCUT2D eigenvalue weighted by molar-refractivity contribution is 6.30. The van der Waals surface area contributed by atoms with Crippen LogP contribution in [-0.4, -0.2) is 38.7 Å². The second kappa shape index (κ2) is 8.55. The molecule has 1 N–H and O–H groups in total. The Hall–Kier alpha value is -2.13. The molecule has 0 spiro atoms. The van der Waals surface area contributed by atoms with E-state index in [9.17, 15) is 18.0 Å². The van der Waals surface area contributed by atoms with Crippen molar-refractivity contribution in [1.29, 1.82) is 0 Å². The number of carbonyl (C=O) groups is 1. The van der Waals surface area contributed by atoms with Crippen LogP contribution in [0, 0.1) is 5.92 Å². The van der Waals surface area contributed by atoms with Gasteiger partial charge in [-0.15, -0.1) is 10.2 Å². The Morgan fingerprint density at radius 2 is 2.00 bits per heavy atom. The zero-order chi connectivity index (χ0) is 21.3. The van der Waals surface area contributed by atoms with Crippen LogP contribution in [0.1, 0.15) is 48.9 Å². The third-order valence-electron chi connectivity index (χ3n) is 5.85. The maximum absolute atomic E-state index is 13.0. The smallest absolute Gasteiger partial charge is 0.348 e. The van der Waals surface area contributed by atoms with Crippen LogP contribution in [0.5, 0.6) is 0 Å². The number of benzene rings is 1. The van der Waals surface area contributed by atoms with Crippen molar-refractivity contribution in [2.24, 2.45) is 5.92 Å². The second-order valence-corrected chi connectivity index (χ2v) is 8.38. The van der Waals surface area contributed by atoms with Gasteiger partial charge in [-0.05, 0) is 36.5 Å². The van der Waals surface area contributed by atoms with E-state index >= 15 is 0 Å². The van der Waals surface area contributed by atoms with E-state index in [4.69, 9.17) is 11.6 Å². The molecule has 0 saturated heterocycles. The Morgan fingerprint density at radius 3 is 2.70 bits per heavy atom. The van der Waals surface area contributed by atoms with Crippen LogP contribution >= 0.6 is 11.6 Å². The van der Waals surface area contributed by atoms with Crippen molar-refractivity contribution >= 4 is 17.5 Å². The summed E-state index contributed by atoms with van der Waals surface area (Å²) in [5.41, 5.74) is 0.982. The van der Waals surface area contributed by atoms with Gasteiger partial charge in [0.1, 0.15) is 5.82 Å². The van der Waals surface area contributed by atoms with Crippen molar-refractivity contribution in [3.05, 3.63) is 46.5 Å². The molecular weight excluding hydrogens is 419 g/mol. The lowest BCUT2D eigenvalue weighted by Crippen LogP contribution is -2.43. The molecular formula is C20H23ClF3N5O. The minimum atomic E-state index is -4.53. The fourth-order valence-electron chi connectivity index (χ4n) is 4.44. The summed E-state index contributed by atoms with van der Waals surface area (Å²) in [5.74, 6) is -0.561. The molecule has 4 rings (SSSR count). The summed E-state index contributed by atoms with van der Waals surface area (Å²) < 4.78 is 40.0. The highest BCUT2D eigenvalue weighted by Crippen LogP contribution is 2.36. The number of alkyl halides is 3. The highest BCUT2D eigenvalue weighted by Gasteiger charge is 2.39. The van der Waals surface area contributed by atoms with Crippen molar-refractivity contribution in [3.8, 4) is 0 Å². The Kier molecular flexibility index (Phi) is 6.02. The summed E-state index contributed by atoms with van der Waals surface area (Å²) in [7, 11) is 0. The fraction of sp³-hybridized carbons (Fsp3) is 0.550. The average Bonchev–Trinajstić information content (AvgIpc) is 3.35. The van der Waals surface area contributed by atoms with Crippen LogP contribution in [0.2, 0.25) is 5.02 Å². The third kappa shape index (κ3) is 4.62. The number of nitrogens with zero attached hydrogens (tertiary/aromatic N) is 4. The Labute approximate surface area is 177 Å². The fourth-order valence-corrected chi connectivity index (χ4v) is 4.64. The van der Waals surface area contributed by atoms with Crippen molar-refractivity contribution in [2.45, 2.75) is 51.0 Å². The van der Waals surface area contributed by atoms with Gasteiger partial charge in [-0.25, -0.2) is 0 Å². The summed E-state index contributed by atoms with van der Waals surface area (Å²) in [4.78, 5) is 14.6. The number of carbonyl (C=O) groups excluding carboxylic acids is 1. The first kappa shape index (κ1) is 21.1. The van der Waals surface area contributed by atoms with Gasteiger partial charge in [-0.2, -0.15) is 13.2 Å². The Balaban J connectivity index is 1.42. The van der Waals surface area contributed by atoms with Gasteiger partial charge in [0.2, 0.25) is 11.7 Å². The zero-order valence-electron chi connectivity index (χ0n) is 16.3. The molecule has 1 unspecified atom stereocenters. The van der Waals surface area contributed by atoms with Crippen molar-refractivity contribution in [1.82, 2.24) is 25.0 Å². The topological polar surface area (TPSA) is 63.1 Å². The molecule has 1 amide bonds. The molecule has 2 aliphatic rings. The van der Waals surface area contributed by atoms with Gasteiger partial charge < -0.3 is 9.88 Å². The van der Waals surface area contributed by atoms with Crippen LogP contribution in [0.15, 0.2) is 24.3 Å². The van der Waals surface area contributed by atoms with Crippen LogP contribution in [0.3, 0.4) is 0 Å². The summed E-state index contributed by atoms with van der Waals surface area (Å²) in [5, 5.41) is 10.7. The molecule has 1 atom stereocenters. The Morgan fingerprint density at radius 1 is 1.23 bits per heavy atom. The lowest BCUT2D eigenvalue weighted by molar-refractivity contribution is -0.148. The Bertz CT molecular complexity index is 910. The lowest BCUT2D eigenvalue weighted by atomic mass is 9.91. The molecule has 1 fully saturated rings. The lowest BCUT2D eigenvalue weighted by Gasteiger charge is -2.30. The van der Waals surface area contributed by atoms with E-state index in [-0.39, 0.29) is 37.4 Å². The van der Waals surface area contributed by atoms with E-state index in [2.05, 4.69) is 15.5 Å². The first-order valence-electron chi connectivity index (χ1n) is 10.1. The second-order valence-electron chi connectivity index (χ2n) is 7.94. The van der Waals surface area contributed by atoms with E-state index in [1.807, 2.05) is 18.2 Å². The van der Waals surface area contributed by atoms with Gasteiger partial charge in [-0.3, -0.25) is 9.69 Å². The van der Waals surface area contributed by atoms with Crippen LogP contribution in [-0.2, 0) is 24.1 Å². The highest BCUT2D eigenvalue weighted by atomic mass is 35.5. The first-order chi connectivity index (χ1) is 14.3. The van der Waals surface area contributed by atoms with E-state index in [0.717, 1.165) is 35.8 Å². The number of halogens is 4. The predicted octanol–water partition coefficient (Wildman–Crippen LogP) is 3.81. The maximum Gasteiger partial charge on any atom is 0.451 e. The number of nitrogens with one attached hydrogen (secondary N) is 1. The SMILES string of the molecule is O=C(CN1CCn2c(nnc2C(F)(F)F)C1)NC(c1cccc(Cl)c1)C1CCCC1. The van der Waals surface area contributed by atoms with Gasteiger partial charge in [0.25, 0.3) is 0 Å². The van der Waals surface area contributed by atoms with E-state index in [1.165, 1.54) is 0 Å². The molecule has 1 aromatic heterocycles. The number of amides is 1. The van der Waals surface area contributed by atoms with Gasteiger partial charge in [-0.1, -0.05) is 36.6 Å². The molecule has 2 aromatic rings. The van der Waals surface area contributed by atoms with Crippen molar-refractivity contribution in [3.63, 3.8) is 0 Å². The maximum atomic E-state index is 13.0. The molecule has 0 radical (unpaired) electrons. The van der Waals surface area contributed by atoms with Crippen LogP contribution in [0.4, 0.5) is 13.2 Å². The minimum absolute atomic E-state index is 0.0952. The predicted molar refractivity (Wildman–Crippen MR) is 105 cm³/mol.